The first-order valence-corrected chi connectivity index (χ1v) is 9.46. The smallest absolute Gasteiger partial charge is 0.331 e. The fraction of sp³-hybridized carbons (Fsp3) is 0.600. The van der Waals surface area contributed by atoms with E-state index in [1.807, 2.05) is 12.1 Å². The first-order chi connectivity index (χ1) is 12.1. The van der Waals surface area contributed by atoms with Gasteiger partial charge in [-0.05, 0) is 55.9 Å². The van der Waals surface area contributed by atoms with E-state index in [1.165, 1.54) is 45.2 Å². The summed E-state index contributed by atoms with van der Waals surface area (Å²) in [6, 6.07) is 4.31. The minimum absolute atomic E-state index is 0.316. The summed E-state index contributed by atoms with van der Waals surface area (Å²) >= 11 is 0. The molecule has 2 heterocycles. The van der Waals surface area contributed by atoms with Gasteiger partial charge in [0.25, 0.3) is 0 Å². The van der Waals surface area contributed by atoms with Gasteiger partial charge in [-0.3, -0.25) is 0 Å². The van der Waals surface area contributed by atoms with E-state index in [1.54, 1.807) is 19.2 Å². The number of carboxylic acid groups (broad SMARTS) is 1. The number of carbonyl (C=O) groups is 1. The van der Waals surface area contributed by atoms with Crippen LogP contribution in [0.25, 0.3) is 6.08 Å². The Balaban J connectivity index is 1.48. The Kier molecular flexibility index (Phi) is 6.08. The van der Waals surface area contributed by atoms with Gasteiger partial charge in [-0.1, -0.05) is 19.3 Å². The second kappa shape index (κ2) is 8.48. The Morgan fingerprint density at radius 2 is 2.12 bits per heavy atom. The Bertz CT molecular complexity index is 606. The lowest BCUT2D eigenvalue weighted by molar-refractivity contribution is -0.132. The molecular formula is C20H29N3O2. The van der Waals surface area contributed by atoms with Crippen LogP contribution in [0.1, 0.15) is 51.0 Å². The summed E-state index contributed by atoms with van der Waals surface area (Å²) in [5, 5.41) is 12.4. The second-order valence-electron chi connectivity index (χ2n) is 7.50. The van der Waals surface area contributed by atoms with Crippen molar-refractivity contribution in [3.05, 3.63) is 29.5 Å². The largest absolute Gasteiger partial charge is 0.478 e. The molecule has 2 N–H and O–H groups in total. The fourth-order valence-electron chi connectivity index (χ4n) is 3.95. The molecule has 1 saturated heterocycles. The summed E-state index contributed by atoms with van der Waals surface area (Å²) in [7, 11) is 0. The molecule has 5 heteroatoms. The Hall–Kier alpha value is -1.88. The normalized spacial score (nSPS) is 22.9. The predicted molar refractivity (Wildman–Crippen MR) is 101 cm³/mol. The van der Waals surface area contributed by atoms with Crippen molar-refractivity contribution in [3.8, 4) is 0 Å². The van der Waals surface area contributed by atoms with Crippen LogP contribution in [0.4, 0.5) is 5.82 Å². The monoisotopic (exact) mass is 343 g/mol. The molecule has 1 aromatic rings. The molecule has 1 aromatic heterocycles. The first-order valence-electron chi connectivity index (χ1n) is 9.46. The number of likely N-dealkylation sites (tertiary alicyclic amines) is 1. The highest BCUT2D eigenvalue weighted by molar-refractivity contribution is 5.91. The van der Waals surface area contributed by atoms with Crippen molar-refractivity contribution in [3.63, 3.8) is 0 Å². The van der Waals surface area contributed by atoms with Crippen molar-refractivity contribution < 1.29 is 9.90 Å². The molecule has 2 aliphatic rings. The van der Waals surface area contributed by atoms with Gasteiger partial charge in [0.1, 0.15) is 5.82 Å². The molecule has 0 aromatic carbocycles. The SMILES string of the molecule is CC(=Cc1ccc(N[C@@H]2CCN(CC3CCCCC3)C2)nc1)C(=O)O. The number of aromatic nitrogens is 1. The second-order valence-corrected chi connectivity index (χ2v) is 7.50. The number of nitrogens with zero attached hydrogens (tertiary/aromatic N) is 2. The number of anilines is 1. The van der Waals surface area contributed by atoms with E-state index < -0.39 is 5.97 Å². The number of rotatable bonds is 6. The molecule has 1 aliphatic carbocycles. The number of pyridine rings is 1. The van der Waals surface area contributed by atoms with Crippen LogP contribution < -0.4 is 5.32 Å². The molecule has 1 saturated carbocycles. The molecule has 0 spiro atoms. The molecule has 3 rings (SSSR count). The number of nitrogens with one attached hydrogen (secondary N) is 1. The van der Waals surface area contributed by atoms with Gasteiger partial charge in [-0.2, -0.15) is 0 Å². The molecule has 1 atom stereocenters. The maximum Gasteiger partial charge on any atom is 0.331 e. The minimum Gasteiger partial charge on any atom is -0.478 e. The van der Waals surface area contributed by atoms with Gasteiger partial charge >= 0.3 is 5.97 Å². The van der Waals surface area contributed by atoms with E-state index in [-0.39, 0.29) is 0 Å². The maximum atomic E-state index is 10.9. The van der Waals surface area contributed by atoms with Gasteiger partial charge in [0.2, 0.25) is 0 Å². The molecule has 0 radical (unpaired) electrons. The van der Waals surface area contributed by atoms with Gasteiger partial charge in [0, 0.05) is 37.4 Å². The fourth-order valence-corrected chi connectivity index (χ4v) is 3.95. The van der Waals surface area contributed by atoms with E-state index in [0.717, 1.165) is 30.3 Å². The van der Waals surface area contributed by atoms with E-state index in [9.17, 15) is 4.79 Å². The van der Waals surface area contributed by atoms with E-state index >= 15 is 0 Å². The standard InChI is InChI=1S/C20H29N3O2/c1-15(20(24)25)11-17-7-8-19(21-12-17)22-18-9-10-23(14-18)13-16-5-3-2-4-6-16/h7-8,11-12,16,18H,2-6,9-10,13-14H2,1H3,(H,21,22)(H,24,25)/t18-/m1/s1. The van der Waals surface area contributed by atoms with Gasteiger partial charge in [-0.15, -0.1) is 0 Å². The van der Waals surface area contributed by atoms with Gasteiger partial charge in [0.05, 0.1) is 0 Å². The molecule has 2 fully saturated rings. The number of hydrogen-bond acceptors (Lipinski definition) is 4. The highest BCUT2D eigenvalue weighted by Crippen LogP contribution is 2.26. The molecule has 5 nitrogen and oxygen atoms in total. The highest BCUT2D eigenvalue weighted by Gasteiger charge is 2.25. The summed E-state index contributed by atoms with van der Waals surface area (Å²) < 4.78 is 0. The van der Waals surface area contributed by atoms with Crippen molar-refractivity contribution in [2.75, 3.05) is 25.0 Å². The third kappa shape index (κ3) is 5.30. The van der Waals surface area contributed by atoms with Gasteiger partial charge in [0.15, 0.2) is 0 Å². The average Bonchev–Trinajstić information content (AvgIpc) is 3.04. The molecule has 0 bridgehead atoms. The summed E-state index contributed by atoms with van der Waals surface area (Å²) in [4.78, 5) is 17.9. The van der Waals surface area contributed by atoms with Crippen LogP contribution >= 0.6 is 0 Å². The molecule has 25 heavy (non-hydrogen) atoms. The number of hydrogen-bond donors (Lipinski definition) is 2. The lowest BCUT2D eigenvalue weighted by Crippen LogP contribution is -2.31. The zero-order chi connectivity index (χ0) is 17.6. The number of aliphatic carboxylic acids is 1. The lowest BCUT2D eigenvalue weighted by atomic mass is 9.89. The molecular weight excluding hydrogens is 314 g/mol. The third-order valence-corrected chi connectivity index (χ3v) is 5.37. The van der Waals surface area contributed by atoms with Crippen LogP contribution in [0.15, 0.2) is 23.9 Å². The summed E-state index contributed by atoms with van der Waals surface area (Å²) in [5.74, 6) is 0.870. The molecule has 0 amide bonds. The first kappa shape index (κ1) is 17.9. The van der Waals surface area contributed by atoms with Crippen molar-refractivity contribution in [1.82, 2.24) is 9.88 Å². The van der Waals surface area contributed by atoms with Crippen LogP contribution in [0.2, 0.25) is 0 Å². The summed E-state index contributed by atoms with van der Waals surface area (Å²) in [6.07, 6.45) is 11.6. The van der Waals surface area contributed by atoms with E-state index in [0.29, 0.717) is 11.6 Å². The zero-order valence-electron chi connectivity index (χ0n) is 15.1. The zero-order valence-corrected chi connectivity index (χ0v) is 15.1. The van der Waals surface area contributed by atoms with Crippen LogP contribution in [-0.4, -0.2) is 46.6 Å². The predicted octanol–water partition coefficient (Wildman–Crippen LogP) is 3.64. The maximum absolute atomic E-state index is 10.9. The van der Waals surface area contributed by atoms with Crippen molar-refractivity contribution >= 4 is 17.9 Å². The van der Waals surface area contributed by atoms with E-state index in [4.69, 9.17) is 5.11 Å². The minimum atomic E-state index is -0.897. The third-order valence-electron chi connectivity index (χ3n) is 5.37. The van der Waals surface area contributed by atoms with Crippen molar-refractivity contribution in [2.24, 2.45) is 5.92 Å². The molecule has 136 valence electrons. The van der Waals surface area contributed by atoms with E-state index in [2.05, 4.69) is 15.2 Å². The Labute approximate surface area is 150 Å². The molecule has 1 aliphatic heterocycles. The van der Waals surface area contributed by atoms with Crippen molar-refractivity contribution in [1.29, 1.82) is 0 Å². The summed E-state index contributed by atoms with van der Waals surface area (Å²) in [5.41, 5.74) is 1.13. The summed E-state index contributed by atoms with van der Waals surface area (Å²) in [6.45, 7) is 5.11. The van der Waals surface area contributed by atoms with Crippen LogP contribution in [0.5, 0.6) is 0 Å². The van der Waals surface area contributed by atoms with Crippen LogP contribution in [-0.2, 0) is 4.79 Å². The highest BCUT2D eigenvalue weighted by atomic mass is 16.4. The Morgan fingerprint density at radius 3 is 2.80 bits per heavy atom. The quantitative estimate of drug-likeness (QED) is 0.772. The Morgan fingerprint density at radius 1 is 1.32 bits per heavy atom. The van der Waals surface area contributed by atoms with Crippen LogP contribution in [0, 0.1) is 5.92 Å². The van der Waals surface area contributed by atoms with Crippen LogP contribution in [0.3, 0.4) is 0 Å². The van der Waals surface area contributed by atoms with Gasteiger partial charge < -0.3 is 15.3 Å². The molecule has 0 unspecified atom stereocenters. The van der Waals surface area contributed by atoms with Gasteiger partial charge in [-0.25, -0.2) is 9.78 Å². The average molecular weight is 343 g/mol. The van der Waals surface area contributed by atoms with Crippen molar-refractivity contribution in [2.45, 2.75) is 51.5 Å². The lowest BCUT2D eigenvalue weighted by Gasteiger charge is -2.26. The number of carboxylic acids is 1. The topological polar surface area (TPSA) is 65.5 Å².